The van der Waals surface area contributed by atoms with E-state index in [1.165, 1.54) is 12.1 Å². The molecule has 0 aliphatic carbocycles. The molecule has 0 spiro atoms. The fourth-order valence-electron chi connectivity index (χ4n) is 1.63. The largest absolute Gasteiger partial charge is 0.269 e. The quantitative estimate of drug-likeness (QED) is 0.438. The summed E-state index contributed by atoms with van der Waals surface area (Å²) in [7, 11) is 0. The number of azo groups is 1. The van der Waals surface area contributed by atoms with E-state index in [4.69, 9.17) is 0 Å². The van der Waals surface area contributed by atoms with Gasteiger partial charge in [0.05, 0.1) is 16.7 Å². The molecule has 20 heavy (non-hydrogen) atoms. The van der Waals surface area contributed by atoms with Gasteiger partial charge in [-0.3, -0.25) is 10.1 Å². The van der Waals surface area contributed by atoms with Gasteiger partial charge in [-0.2, -0.15) is 10.2 Å². The third-order valence-electron chi connectivity index (χ3n) is 2.74. The first-order chi connectivity index (χ1) is 9.56. The lowest BCUT2D eigenvalue weighted by Crippen LogP contribution is -1.91. The monoisotopic (exact) mass is 333 g/mol. The second-order valence-corrected chi connectivity index (χ2v) is 5.14. The number of halogens is 1. The molecular weight excluding hydrogens is 322 g/mol. The zero-order chi connectivity index (χ0) is 14.5. The number of nitro groups is 1. The highest BCUT2D eigenvalue weighted by atomic mass is 79.9. The van der Waals surface area contributed by atoms with Crippen LogP contribution in [0.1, 0.15) is 18.5 Å². The molecule has 0 aliphatic heterocycles. The molecule has 0 fully saturated rings. The summed E-state index contributed by atoms with van der Waals surface area (Å²) in [4.78, 5) is 10.2. The molecule has 2 rings (SSSR count). The van der Waals surface area contributed by atoms with Crippen LogP contribution in [0.15, 0.2) is 63.2 Å². The average molecular weight is 334 g/mol. The predicted molar refractivity (Wildman–Crippen MR) is 80.2 cm³/mol. The normalized spacial score (nSPS) is 12.5. The molecule has 0 amide bonds. The van der Waals surface area contributed by atoms with Crippen molar-refractivity contribution in [2.45, 2.75) is 13.0 Å². The van der Waals surface area contributed by atoms with Crippen molar-refractivity contribution in [3.63, 3.8) is 0 Å². The van der Waals surface area contributed by atoms with Crippen LogP contribution in [-0.4, -0.2) is 4.92 Å². The van der Waals surface area contributed by atoms with Crippen molar-refractivity contribution in [2.24, 2.45) is 10.2 Å². The van der Waals surface area contributed by atoms with Crippen molar-refractivity contribution in [3.05, 3.63) is 68.7 Å². The van der Waals surface area contributed by atoms with E-state index < -0.39 is 4.92 Å². The molecule has 1 atom stereocenters. The number of hydrogen-bond donors (Lipinski definition) is 0. The molecule has 0 saturated heterocycles. The van der Waals surface area contributed by atoms with Gasteiger partial charge in [-0.1, -0.05) is 22.0 Å². The maximum Gasteiger partial charge on any atom is 0.269 e. The second kappa shape index (κ2) is 6.38. The van der Waals surface area contributed by atoms with Gasteiger partial charge < -0.3 is 0 Å². The minimum Gasteiger partial charge on any atom is -0.258 e. The lowest BCUT2D eigenvalue weighted by molar-refractivity contribution is -0.384. The van der Waals surface area contributed by atoms with Gasteiger partial charge in [-0.05, 0) is 42.8 Å². The van der Waals surface area contributed by atoms with Crippen LogP contribution in [0.3, 0.4) is 0 Å². The summed E-state index contributed by atoms with van der Waals surface area (Å²) in [5.74, 6) is 0. The van der Waals surface area contributed by atoms with Crippen LogP contribution in [0.4, 0.5) is 11.4 Å². The van der Waals surface area contributed by atoms with Crippen LogP contribution in [0.25, 0.3) is 0 Å². The molecule has 0 N–H and O–H groups in total. The van der Waals surface area contributed by atoms with Gasteiger partial charge in [0.15, 0.2) is 0 Å². The van der Waals surface area contributed by atoms with Crippen LogP contribution < -0.4 is 0 Å². The molecule has 1 unspecified atom stereocenters. The molecule has 0 bridgehead atoms. The van der Waals surface area contributed by atoms with E-state index in [9.17, 15) is 10.1 Å². The third kappa shape index (κ3) is 3.71. The number of benzene rings is 2. The first-order valence-corrected chi connectivity index (χ1v) is 6.76. The van der Waals surface area contributed by atoms with E-state index in [1.54, 1.807) is 12.1 Å². The molecule has 6 heteroatoms. The lowest BCUT2D eigenvalue weighted by atomic mass is 10.1. The van der Waals surface area contributed by atoms with Gasteiger partial charge in [0, 0.05) is 16.6 Å². The van der Waals surface area contributed by atoms with Crippen molar-refractivity contribution in [1.82, 2.24) is 0 Å². The highest BCUT2D eigenvalue weighted by molar-refractivity contribution is 9.10. The van der Waals surface area contributed by atoms with E-state index in [0.717, 1.165) is 15.7 Å². The van der Waals surface area contributed by atoms with Crippen molar-refractivity contribution >= 4 is 27.3 Å². The van der Waals surface area contributed by atoms with Crippen molar-refractivity contribution in [3.8, 4) is 0 Å². The molecule has 5 nitrogen and oxygen atoms in total. The molecule has 2 aromatic rings. The van der Waals surface area contributed by atoms with E-state index in [1.807, 2.05) is 31.2 Å². The Labute approximate surface area is 124 Å². The van der Waals surface area contributed by atoms with E-state index in [2.05, 4.69) is 26.2 Å². The minimum atomic E-state index is -0.419. The van der Waals surface area contributed by atoms with E-state index in [-0.39, 0.29) is 11.7 Å². The van der Waals surface area contributed by atoms with Crippen LogP contribution in [0.2, 0.25) is 0 Å². The average Bonchev–Trinajstić information content (AvgIpc) is 2.45. The lowest BCUT2D eigenvalue weighted by Gasteiger charge is -2.04. The first-order valence-electron chi connectivity index (χ1n) is 5.97. The standard InChI is InChI=1S/C14H12BrN3O2/c1-10(11-5-7-14(8-6-11)18(19)20)16-17-13-4-2-3-12(15)9-13/h2-10H,1H3. The van der Waals surface area contributed by atoms with Crippen LogP contribution in [0, 0.1) is 10.1 Å². The zero-order valence-corrected chi connectivity index (χ0v) is 12.3. The van der Waals surface area contributed by atoms with Gasteiger partial charge in [-0.25, -0.2) is 0 Å². The highest BCUT2D eigenvalue weighted by Crippen LogP contribution is 2.24. The van der Waals surface area contributed by atoms with Gasteiger partial charge in [0.1, 0.15) is 0 Å². The number of rotatable bonds is 4. The summed E-state index contributed by atoms with van der Waals surface area (Å²) in [6.07, 6.45) is 0. The molecule has 0 aromatic heterocycles. The fourth-order valence-corrected chi connectivity index (χ4v) is 2.02. The zero-order valence-electron chi connectivity index (χ0n) is 10.7. The van der Waals surface area contributed by atoms with Gasteiger partial charge >= 0.3 is 0 Å². The molecule has 0 aliphatic rings. The Morgan fingerprint density at radius 2 is 1.90 bits per heavy atom. The number of hydrogen-bond acceptors (Lipinski definition) is 4. The van der Waals surface area contributed by atoms with Gasteiger partial charge in [-0.15, -0.1) is 0 Å². The fraction of sp³-hybridized carbons (Fsp3) is 0.143. The summed E-state index contributed by atoms with van der Waals surface area (Å²) in [5, 5.41) is 19.0. The maximum absolute atomic E-state index is 10.6. The number of nitro benzene ring substituents is 1. The van der Waals surface area contributed by atoms with E-state index >= 15 is 0 Å². The van der Waals surface area contributed by atoms with Crippen molar-refractivity contribution in [1.29, 1.82) is 0 Å². The summed E-state index contributed by atoms with van der Waals surface area (Å²) in [6.45, 7) is 1.89. The first kappa shape index (κ1) is 14.3. The maximum atomic E-state index is 10.6. The minimum absolute atomic E-state index is 0.0740. The summed E-state index contributed by atoms with van der Waals surface area (Å²) in [6, 6.07) is 13.7. The molecular formula is C14H12BrN3O2. The molecule has 2 aromatic carbocycles. The SMILES string of the molecule is CC(N=Nc1cccc(Br)c1)c1ccc([N+](=O)[O-])cc1. The molecule has 0 heterocycles. The van der Waals surface area contributed by atoms with Crippen LogP contribution >= 0.6 is 15.9 Å². The Morgan fingerprint density at radius 1 is 1.20 bits per heavy atom. The molecule has 0 radical (unpaired) electrons. The van der Waals surface area contributed by atoms with Gasteiger partial charge in [0.2, 0.25) is 0 Å². The van der Waals surface area contributed by atoms with Crippen molar-refractivity contribution in [2.75, 3.05) is 0 Å². The smallest absolute Gasteiger partial charge is 0.258 e. The van der Waals surface area contributed by atoms with Crippen molar-refractivity contribution < 1.29 is 4.92 Å². The third-order valence-corrected chi connectivity index (χ3v) is 3.23. The Balaban J connectivity index is 2.11. The van der Waals surface area contributed by atoms with Crippen LogP contribution in [-0.2, 0) is 0 Å². The Hall–Kier alpha value is -2.08. The second-order valence-electron chi connectivity index (χ2n) is 4.22. The van der Waals surface area contributed by atoms with E-state index in [0.29, 0.717) is 0 Å². The Kier molecular flexibility index (Phi) is 4.57. The van der Waals surface area contributed by atoms with Crippen LogP contribution in [0.5, 0.6) is 0 Å². The number of nitrogens with zero attached hydrogens (tertiary/aromatic N) is 3. The summed E-state index contributed by atoms with van der Waals surface area (Å²) >= 11 is 3.37. The highest BCUT2D eigenvalue weighted by Gasteiger charge is 2.08. The van der Waals surface area contributed by atoms with Gasteiger partial charge in [0.25, 0.3) is 5.69 Å². The summed E-state index contributed by atoms with van der Waals surface area (Å²) < 4.78 is 0.942. The summed E-state index contributed by atoms with van der Waals surface area (Å²) in [5.41, 5.74) is 1.72. The topological polar surface area (TPSA) is 67.9 Å². The molecule has 0 saturated carbocycles. The number of non-ortho nitro benzene ring substituents is 1. The predicted octanol–water partition coefficient (Wildman–Crippen LogP) is 5.20. The molecule has 102 valence electrons. The Morgan fingerprint density at radius 3 is 2.50 bits per heavy atom. The Bertz CT molecular complexity index is 641.